The summed E-state index contributed by atoms with van der Waals surface area (Å²) in [4.78, 5) is 35.5. The first-order valence-corrected chi connectivity index (χ1v) is 7.45. The predicted molar refractivity (Wildman–Crippen MR) is 73.1 cm³/mol. The van der Waals surface area contributed by atoms with Gasteiger partial charge in [0, 0.05) is 25.4 Å². The minimum absolute atomic E-state index is 0.132. The molecule has 1 fully saturated rings. The Morgan fingerprint density at radius 1 is 1.60 bits per heavy atom. The van der Waals surface area contributed by atoms with E-state index in [4.69, 9.17) is 9.47 Å². The van der Waals surface area contributed by atoms with Gasteiger partial charge in [0.25, 0.3) is 5.91 Å². The Labute approximate surface area is 127 Å². The SMILES string of the molecule is CO[C@]1(Br)C(=O)N2C(C(=O)O)=C(COC(C)=O)CS[C@@H]21. The highest BCUT2D eigenvalue weighted by atomic mass is 79.9. The summed E-state index contributed by atoms with van der Waals surface area (Å²) in [7, 11) is 1.38. The van der Waals surface area contributed by atoms with Crippen molar-refractivity contribution in [3.63, 3.8) is 0 Å². The van der Waals surface area contributed by atoms with Crippen LogP contribution in [0.5, 0.6) is 0 Å². The molecule has 2 atom stereocenters. The summed E-state index contributed by atoms with van der Waals surface area (Å²) in [6, 6.07) is 0. The quantitative estimate of drug-likeness (QED) is 0.441. The summed E-state index contributed by atoms with van der Waals surface area (Å²) in [5.74, 6) is -1.86. The minimum atomic E-state index is -1.23. The van der Waals surface area contributed by atoms with Crippen LogP contribution in [0.2, 0.25) is 0 Å². The molecule has 2 heterocycles. The Kier molecular flexibility index (Phi) is 4.12. The molecule has 1 saturated heterocycles. The van der Waals surface area contributed by atoms with Crippen LogP contribution in [0, 0.1) is 0 Å². The monoisotopic (exact) mass is 365 g/mol. The number of aliphatic carboxylic acids is 1. The smallest absolute Gasteiger partial charge is 0.352 e. The van der Waals surface area contributed by atoms with Gasteiger partial charge >= 0.3 is 11.9 Å². The zero-order valence-corrected chi connectivity index (χ0v) is 13.1. The maximum absolute atomic E-state index is 12.1. The number of hydrogen-bond acceptors (Lipinski definition) is 6. The number of esters is 1. The lowest BCUT2D eigenvalue weighted by molar-refractivity contribution is -0.166. The number of carbonyl (C=O) groups excluding carboxylic acids is 2. The molecule has 0 unspecified atom stereocenters. The Morgan fingerprint density at radius 2 is 2.25 bits per heavy atom. The minimum Gasteiger partial charge on any atom is -0.477 e. The van der Waals surface area contributed by atoms with Crippen molar-refractivity contribution in [3.05, 3.63) is 11.3 Å². The number of methoxy groups -OCH3 is 1. The van der Waals surface area contributed by atoms with Crippen LogP contribution < -0.4 is 0 Å². The van der Waals surface area contributed by atoms with Crippen molar-refractivity contribution in [3.8, 4) is 0 Å². The van der Waals surface area contributed by atoms with E-state index in [9.17, 15) is 19.5 Å². The number of nitrogens with zero attached hydrogens (tertiary/aromatic N) is 1. The van der Waals surface area contributed by atoms with E-state index >= 15 is 0 Å². The molecule has 0 saturated carbocycles. The van der Waals surface area contributed by atoms with Crippen LogP contribution in [0.15, 0.2) is 11.3 Å². The van der Waals surface area contributed by atoms with E-state index in [1.54, 1.807) is 0 Å². The molecule has 7 nitrogen and oxygen atoms in total. The van der Waals surface area contributed by atoms with Gasteiger partial charge in [0.1, 0.15) is 17.7 Å². The molecule has 1 N–H and O–H groups in total. The summed E-state index contributed by atoms with van der Waals surface area (Å²) in [5.41, 5.74) is 0.264. The molecule has 0 aromatic carbocycles. The van der Waals surface area contributed by atoms with Crippen molar-refractivity contribution in [2.45, 2.75) is 16.8 Å². The van der Waals surface area contributed by atoms with Gasteiger partial charge in [-0.3, -0.25) is 14.5 Å². The average Bonchev–Trinajstić information content (AvgIpc) is 2.42. The van der Waals surface area contributed by atoms with Crippen LogP contribution >= 0.6 is 27.7 Å². The number of ether oxygens (including phenoxy) is 2. The first kappa shape index (κ1) is 15.3. The summed E-state index contributed by atoms with van der Waals surface area (Å²) >= 11 is 4.55. The molecule has 0 aliphatic carbocycles. The molecule has 9 heteroatoms. The molecule has 0 bridgehead atoms. The number of carbonyl (C=O) groups is 3. The maximum atomic E-state index is 12.1. The van der Waals surface area contributed by atoms with Crippen LogP contribution in [-0.4, -0.2) is 57.2 Å². The van der Waals surface area contributed by atoms with Crippen molar-refractivity contribution < 1.29 is 29.0 Å². The molecule has 0 aromatic rings. The number of fused-ring (bicyclic) bond motifs is 1. The van der Waals surface area contributed by atoms with Crippen molar-refractivity contribution in [1.29, 1.82) is 0 Å². The van der Waals surface area contributed by atoms with Gasteiger partial charge in [0.2, 0.25) is 4.51 Å². The fourth-order valence-corrected chi connectivity index (χ4v) is 4.17. The van der Waals surface area contributed by atoms with Crippen molar-refractivity contribution in [2.24, 2.45) is 0 Å². The molecule has 0 spiro atoms. The van der Waals surface area contributed by atoms with E-state index in [0.717, 1.165) is 4.90 Å². The highest BCUT2D eigenvalue weighted by Crippen LogP contribution is 2.50. The zero-order valence-electron chi connectivity index (χ0n) is 10.7. The summed E-state index contributed by atoms with van der Waals surface area (Å²) in [6.45, 7) is 1.10. The van der Waals surface area contributed by atoms with Gasteiger partial charge in [0.15, 0.2) is 0 Å². The van der Waals surface area contributed by atoms with E-state index < -0.39 is 27.7 Å². The third kappa shape index (κ3) is 2.23. The molecule has 1 amide bonds. The zero-order chi connectivity index (χ0) is 15.1. The molecule has 2 aliphatic heterocycles. The van der Waals surface area contributed by atoms with E-state index in [1.807, 2.05) is 0 Å². The van der Waals surface area contributed by atoms with Crippen LogP contribution in [0.4, 0.5) is 0 Å². The summed E-state index contributed by atoms with van der Waals surface area (Å²) in [6.07, 6.45) is 0. The molecule has 2 aliphatic rings. The largest absolute Gasteiger partial charge is 0.477 e. The molecule has 0 aromatic heterocycles. The lowest BCUT2D eigenvalue weighted by Gasteiger charge is -2.53. The number of hydrogen-bond donors (Lipinski definition) is 1. The molecule has 2 rings (SSSR count). The number of amides is 1. The number of β-lactam (4-membered cyclic amide) rings is 1. The highest BCUT2D eigenvalue weighted by Gasteiger charge is 2.64. The lowest BCUT2D eigenvalue weighted by Crippen LogP contribution is -2.71. The van der Waals surface area contributed by atoms with Gasteiger partial charge in [-0.1, -0.05) is 0 Å². The van der Waals surface area contributed by atoms with Crippen LogP contribution in [-0.2, 0) is 23.9 Å². The predicted octanol–water partition coefficient (Wildman–Crippen LogP) is 0.541. The number of thioether (sulfide) groups is 1. The standard InChI is InChI=1S/C11H12BrNO6S/c1-5(14)19-3-6-4-20-10-11(12,18-2)9(17)13(10)7(6)8(15)16/h10H,3-4H2,1-2H3,(H,15,16)/t10-,11-/m1/s1. The number of halogens is 1. The Balaban J connectivity index is 2.31. The first-order valence-electron chi connectivity index (χ1n) is 5.61. The second-order valence-electron chi connectivity index (χ2n) is 4.23. The topological polar surface area (TPSA) is 93.1 Å². The first-order chi connectivity index (χ1) is 9.32. The van der Waals surface area contributed by atoms with E-state index in [-0.39, 0.29) is 12.3 Å². The third-order valence-electron chi connectivity index (χ3n) is 3.00. The molecular formula is C11H12BrNO6S. The summed E-state index contributed by atoms with van der Waals surface area (Å²) in [5, 5.41) is 8.85. The Morgan fingerprint density at radius 3 is 2.75 bits per heavy atom. The Hall–Kier alpha value is -1.06. The van der Waals surface area contributed by atoms with E-state index in [1.165, 1.54) is 25.8 Å². The maximum Gasteiger partial charge on any atom is 0.352 e. The molecule has 20 heavy (non-hydrogen) atoms. The fraction of sp³-hybridized carbons (Fsp3) is 0.545. The fourth-order valence-electron chi connectivity index (χ4n) is 2.04. The Bertz CT molecular complexity index is 521. The van der Waals surface area contributed by atoms with Gasteiger partial charge in [-0.05, 0) is 15.9 Å². The van der Waals surface area contributed by atoms with Gasteiger partial charge < -0.3 is 14.6 Å². The number of rotatable bonds is 4. The van der Waals surface area contributed by atoms with Crippen LogP contribution in [0.3, 0.4) is 0 Å². The van der Waals surface area contributed by atoms with Crippen molar-refractivity contribution in [1.82, 2.24) is 4.90 Å². The number of carboxylic acids is 1. The van der Waals surface area contributed by atoms with Crippen molar-refractivity contribution >= 4 is 45.5 Å². The molecule has 0 radical (unpaired) electrons. The van der Waals surface area contributed by atoms with Crippen LogP contribution in [0.25, 0.3) is 0 Å². The third-order valence-corrected chi connectivity index (χ3v) is 5.78. The number of carboxylic acid groups (broad SMARTS) is 1. The van der Waals surface area contributed by atoms with E-state index in [2.05, 4.69) is 15.9 Å². The number of alkyl halides is 1. The van der Waals surface area contributed by atoms with E-state index in [0.29, 0.717) is 11.3 Å². The average molecular weight is 366 g/mol. The van der Waals surface area contributed by atoms with Gasteiger partial charge in [-0.2, -0.15) is 0 Å². The normalized spacial score (nSPS) is 28.9. The summed E-state index contributed by atoms with van der Waals surface area (Å²) < 4.78 is 8.76. The van der Waals surface area contributed by atoms with Gasteiger partial charge in [-0.15, -0.1) is 11.8 Å². The highest BCUT2D eigenvalue weighted by molar-refractivity contribution is 9.10. The van der Waals surface area contributed by atoms with Crippen LogP contribution in [0.1, 0.15) is 6.92 Å². The second kappa shape index (κ2) is 5.38. The molecular weight excluding hydrogens is 354 g/mol. The second-order valence-corrected chi connectivity index (χ2v) is 6.47. The lowest BCUT2D eigenvalue weighted by atomic mass is 10.1. The van der Waals surface area contributed by atoms with Crippen molar-refractivity contribution in [2.75, 3.05) is 19.5 Å². The van der Waals surface area contributed by atoms with Gasteiger partial charge in [-0.25, -0.2) is 4.79 Å². The van der Waals surface area contributed by atoms with Gasteiger partial charge in [0.05, 0.1) is 0 Å². The molecule has 110 valence electrons.